The molecule has 2 atom stereocenters. The van der Waals surface area contributed by atoms with E-state index >= 15 is 0 Å². The number of hydrogen-bond donors (Lipinski definition) is 1. The van der Waals surface area contributed by atoms with Gasteiger partial charge in [-0.3, -0.25) is 14.4 Å². The number of ketones is 1. The molecule has 10 nitrogen and oxygen atoms in total. The molecule has 2 heterocycles. The van der Waals surface area contributed by atoms with Gasteiger partial charge in [-0.05, 0) is 24.3 Å². The first-order chi connectivity index (χ1) is 19.1. The molecule has 0 spiro atoms. The predicted molar refractivity (Wildman–Crippen MR) is 141 cm³/mol. The van der Waals surface area contributed by atoms with E-state index in [1.165, 1.54) is 6.07 Å². The Bertz CT molecular complexity index is 1150. The van der Waals surface area contributed by atoms with Crippen LogP contribution in [0.3, 0.4) is 0 Å². The number of ether oxygens (including phenoxy) is 2. The molecule has 2 aromatic rings. The first-order valence-electron chi connectivity index (χ1n) is 13.6. The van der Waals surface area contributed by atoms with E-state index < -0.39 is 35.7 Å². The molecule has 3 rings (SSSR count). The predicted octanol–water partition coefficient (Wildman–Crippen LogP) is 3.93. The molecular formula is C28H38F2N4O6. The second-order valence-electron chi connectivity index (χ2n) is 10.4. The highest BCUT2D eigenvalue weighted by molar-refractivity contribution is 5.99. The van der Waals surface area contributed by atoms with E-state index in [2.05, 4.69) is 15.5 Å². The van der Waals surface area contributed by atoms with Crippen LogP contribution in [-0.4, -0.2) is 71.6 Å². The molecule has 2 unspecified atom stereocenters. The summed E-state index contributed by atoms with van der Waals surface area (Å²) >= 11 is 0. The lowest BCUT2D eigenvalue weighted by Crippen LogP contribution is -2.47. The smallest absolute Gasteiger partial charge is 0.387 e. The summed E-state index contributed by atoms with van der Waals surface area (Å²) < 4.78 is 41.4. The first-order valence-corrected chi connectivity index (χ1v) is 13.6. The fourth-order valence-corrected chi connectivity index (χ4v) is 4.86. The van der Waals surface area contributed by atoms with Crippen LogP contribution in [0.25, 0.3) is 0 Å². The van der Waals surface area contributed by atoms with Gasteiger partial charge in [0.15, 0.2) is 0 Å². The molecule has 2 amide bonds. The summed E-state index contributed by atoms with van der Waals surface area (Å²) in [6, 6.07) is 5.49. The Balaban J connectivity index is 1.87. The minimum absolute atomic E-state index is 0.00374. The number of halogens is 2. The molecule has 40 heavy (non-hydrogen) atoms. The summed E-state index contributed by atoms with van der Waals surface area (Å²) in [6.07, 6.45) is 1.40. The van der Waals surface area contributed by atoms with Gasteiger partial charge < -0.3 is 24.2 Å². The Morgan fingerprint density at radius 3 is 2.48 bits per heavy atom. The van der Waals surface area contributed by atoms with Crippen LogP contribution in [0.15, 0.2) is 28.8 Å². The monoisotopic (exact) mass is 564 g/mol. The molecule has 1 N–H and O–H groups in total. The number of carbonyl (C=O) groups is 3. The minimum atomic E-state index is -3.02. The number of benzene rings is 1. The van der Waals surface area contributed by atoms with E-state index in [4.69, 9.17) is 14.0 Å². The van der Waals surface area contributed by atoms with Gasteiger partial charge in [-0.1, -0.05) is 57.5 Å². The van der Waals surface area contributed by atoms with Gasteiger partial charge >= 0.3 is 6.61 Å². The molecule has 1 saturated heterocycles. The number of morpholine rings is 1. The average Bonchev–Trinajstić information content (AvgIpc) is 3.41. The summed E-state index contributed by atoms with van der Waals surface area (Å²) in [5.41, 5.74) is -0.362. The summed E-state index contributed by atoms with van der Waals surface area (Å²) in [5, 5.41) is 6.57. The van der Waals surface area contributed by atoms with Crippen LogP contribution < -0.4 is 10.1 Å². The molecule has 0 bridgehead atoms. The van der Waals surface area contributed by atoms with E-state index in [-0.39, 0.29) is 30.3 Å². The highest BCUT2D eigenvalue weighted by atomic mass is 19.3. The van der Waals surface area contributed by atoms with Gasteiger partial charge in [0.05, 0.1) is 19.3 Å². The lowest BCUT2D eigenvalue weighted by Gasteiger charge is -2.33. The van der Waals surface area contributed by atoms with Gasteiger partial charge in [0, 0.05) is 37.4 Å². The van der Waals surface area contributed by atoms with Crippen molar-refractivity contribution in [1.29, 1.82) is 0 Å². The molecule has 1 aromatic heterocycles. The number of hydrogen-bond acceptors (Lipinski definition) is 8. The molecule has 12 heteroatoms. The molecule has 0 saturated carbocycles. The molecule has 220 valence electrons. The molecule has 1 fully saturated rings. The van der Waals surface area contributed by atoms with Crippen LogP contribution in [0.4, 0.5) is 8.78 Å². The van der Waals surface area contributed by atoms with Crippen LogP contribution in [0.5, 0.6) is 5.75 Å². The van der Waals surface area contributed by atoms with E-state index in [0.717, 1.165) is 0 Å². The van der Waals surface area contributed by atoms with Gasteiger partial charge in [-0.15, -0.1) is 0 Å². The van der Waals surface area contributed by atoms with Crippen molar-refractivity contribution in [3.05, 3.63) is 41.5 Å². The number of Topliss-reactive ketones (excluding diaryl/α,β-unsaturated/α-hetero) is 1. The van der Waals surface area contributed by atoms with Crippen molar-refractivity contribution in [2.24, 2.45) is 5.92 Å². The Morgan fingerprint density at radius 2 is 1.85 bits per heavy atom. The third-order valence-corrected chi connectivity index (χ3v) is 6.95. The van der Waals surface area contributed by atoms with Gasteiger partial charge in [0.1, 0.15) is 5.75 Å². The lowest BCUT2D eigenvalue weighted by atomic mass is 9.75. The maximum atomic E-state index is 13.7. The first kappa shape index (κ1) is 31.1. The summed E-state index contributed by atoms with van der Waals surface area (Å²) in [5.74, 6) is -1.86. The molecule has 1 aliphatic heterocycles. The number of aromatic nitrogens is 2. The highest BCUT2D eigenvalue weighted by Crippen LogP contribution is 2.38. The highest BCUT2D eigenvalue weighted by Gasteiger charge is 2.36. The third-order valence-electron chi connectivity index (χ3n) is 6.95. The standard InChI is InChI=1S/C28H38F2N4O6/c1-5-9-20(24(36)25-32-22(6-2)40-33-25)31-26(37)18(16-23(35)34-12-14-38-15-13-34)17-28(3,4)19-10-7-8-11-21(19)39-27(29)30/h7-8,10-11,18,20,27H,5-6,9,12-17H2,1-4H3,(H,31,37). The van der Waals surface area contributed by atoms with Crippen LogP contribution in [-0.2, 0) is 26.2 Å². The van der Waals surface area contributed by atoms with Crippen molar-refractivity contribution < 1.29 is 37.2 Å². The van der Waals surface area contributed by atoms with Gasteiger partial charge in [-0.2, -0.15) is 13.8 Å². The number of alkyl halides is 2. The number of aryl methyl sites for hydroxylation is 1. The summed E-state index contributed by atoms with van der Waals surface area (Å²) in [7, 11) is 0. The normalized spacial score (nSPS) is 15.5. The summed E-state index contributed by atoms with van der Waals surface area (Å²) in [4.78, 5) is 45.9. The second-order valence-corrected chi connectivity index (χ2v) is 10.4. The van der Waals surface area contributed by atoms with E-state index in [9.17, 15) is 23.2 Å². The quantitative estimate of drug-likeness (QED) is 0.342. The zero-order valence-corrected chi connectivity index (χ0v) is 23.5. The van der Waals surface area contributed by atoms with Gasteiger partial charge in [-0.25, -0.2) is 0 Å². The van der Waals surface area contributed by atoms with Crippen LogP contribution in [0.1, 0.15) is 75.5 Å². The van der Waals surface area contributed by atoms with Crippen molar-refractivity contribution >= 4 is 17.6 Å². The molecular weight excluding hydrogens is 526 g/mol. The van der Waals surface area contributed by atoms with Crippen molar-refractivity contribution in [3.63, 3.8) is 0 Å². The maximum absolute atomic E-state index is 13.7. The SMILES string of the molecule is CCCC(NC(=O)C(CC(=O)N1CCOCC1)CC(C)(C)c1ccccc1OC(F)F)C(=O)c1noc(CC)n1. The fourth-order valence-electron chi connectivity index (χ4n) is 4.86. The third kappa shape index (κ3) is 8.30. The van der Waals surface area contributed by atoms with E-state index in [0.29, 0.717) is 57.0 Å². The molecule has 0 radical (unpaired) electrons. The Kier molecular flexibility index (Phi) is 11.1. The second kappa shape index (κ2) is 14.3. The number of nitrogens with one attached hydrogen (secondary N) is 1. The van der Waals surface area contributed by atoms with Gasteiger partial charge in [0.25, 0.3) is 0 Å². The van der Waals surface area contributed by atoms with Crippen LogP contribution in [0.2, 0.25) is 0 Å². The molecule has 1 aliphatic rings. The number of carbonyl (C=O) groups excluding carboxylic acids is 3. The lowest BCUT2D eigenvalue weighted by molar-refractivity contribution is -0.140. The Labute approximate surface area is 232 Å². The topological polar surface area (TPSA) is 124 Å². The van der Waals surface area contributed by atoms with Crippen molar-refractivity contribution in [2.45, 2.75) is 77.9 Å². The van der Waals surface area contributed by atoms with Gasteiger partial charge in [0.2, 0.25) is 29.3 Å². The minimum Gasteiger partial charge on any atom is -0.435 e. The molecule has 1 aromatic carbocycles. The Morgan fingerprint density at radius 1 is 1.15 bits per heavy atom. The number of amides is 2. The van der Waals surface area contributed by atoms with Crippen LogP contribution in [0, 0.1) is 5.92 Å². The van der Waals surface area contributed by atoms with Crippen molar-refractivity contribution in [2.75, 3.05) is 26.3 Å². The maximum Gasteiger partial charge on any atom is 0.387 e. The zero-order valence-electron chi connectivity index (χ0n) is 23.5. The van der Waals surface area contributed by atoms with E-state index in [1.54, 1.807) is 36.9 Å². The zero-order chi connectivity index (χ0) is 29.3. The van der Waals surface area contributed by atoms with E-state index in [1.807, 2.05) is 13.8 Å². The number of para-hydroxylation sites is 1. The fraction of sp³-hybridized carbons (Fsp3) is 0.607. The number of rotatable bonds is 14. The molecule has 0 aliphatic carbocycles. The van der Waals surface area contributed by atoms with Crippen molar-refractivity contribution in [1.82, 2.24) is 20.4 Å². The summed E-state index contributed by atoms with van der Waals surface area (Å²) in [6.45, 7) is 5.93. The largest absolute Gasteiger partial charge is 0.435 e. The van der Waals surface area contributed by atoms with Crippen LogP contribution >= 0.6 is 0 Å². The number of nitrogens with zero attached hydrogens (tertiary/aromatic N) is 3. The van der Waals surface area contributed by atoms with Crippen molar-refractivity contribution in [3.8, 4) is 5.75 Å². The average molecular weight is 565 g/mol. The Hall–Kier alpha value is -3.41.